The summed E-state index contributed by atoms with van der Waals surface area (Å²) in [7, 11) is -4.07. The number of rotatable bonds is 5. The Labute approximate surface area is 119 Å². The van der Waals surface area contributed by atoms with Gasteiger partial charge in [0.05, 0.1) is 4.90 Å². The molecule has 85 valence electrons. The average Bonchev–Trinajstić information content (AvgIpc) is 2.17. The summed E-state index contributed by atoms with van der Waals surface area (Å²) >= 11 is 0. The Bertz CT molecular complexity index is 415. The van der Waals surface area contributed by atoms with Crippen molar-refractivity contribution < 1.29 is 13.0 Å². The molecule has 5 heteroatoms. The van der Waals surface area contributed by atoms with Gasteiger partial charge in [-0.3, -0.25) is 4.55 Å². The van der Waals surface area contributed by atoms with E-state index in [1.54, 1.807) is 18.2 Å². The van der Waals surface area contributed by atoms with Gasteiger partial charge in [-0.25, -0.2) is 0 Å². The predicted octanol–water partition coefficient (Wildman–Crippen LogP) is 2.29. The van der Waals surface area contributed by atoms with Crippen LogP contribution in [-0.4, -0.2) is 42.5 Å². The van der Waals surface area contributed by atoms with E-state index in [-0.39, 0.29) is 34.5 Å². The number of hydrogen-bond donors (Lipinski definition) is 1. The normalized spacial score (nSPS) is 10.9. The Morgan fingerprint density at radius 3 is 2.38 bits per heavy atom. The van der Waals surface area contributed by atoms with Gasteiger partial charge in [-0.05, 0) is 24.5 Å². The van der Waals surface area contributed by atoms with Gasteiger partial charge in [-0.15, -0.1) is 0 Å². The van der Waals surface area contributed by atoms with Gasteiger partial charge in [-0.1, -0.05) is 38.0 Å². The second-order valence-electron chi connectivity index (χ2n) is 3.54. The summed E-state index contributed by atoms with van der Waals surface area (Å²) in [5, 5.41) is 0. The molecule has 0 bridgehead atoms. The van der Waals surface area contributed by atoms with Crippen molar-refractivity contribution >= 4 is 39.7 Å². The first-order valence-corrected chi connectivity index (χ1v) is 6.55. The molecule has 1 N–H and O–H groups in total. The zero-order valence-electron chi connectivity index (χ0n) is 9.81. The van der Waals surface area contributed by atoms with Crippen LogP contribution < -0.4 is 0 Å². The topological polar surface area (TPSA) is 54.4 Å². The Balaban J connectivity index is 0.00000225. The fourth-order valence-corrected chi connectivity index (χ4v) is 2.28. The standard InChI is InChI=1S/C11H16O3S.Na/c1-2-3-4-7-10-8-5-6-9-11(10)15(12,13)14;/h5-6,8-9H,2-4,7H2,1H3,(H,12,13,14);. The maximum atomic E-state index is 11.0. The van der Waals surface area contributed by atoms with Crippen molar-refractivity contribution in [2.45, 2.75) is 37.5 Å². The molecule has 1 aromatic rings. The zero-order valence-corrected chi connectivity index (χ0v) is 12.6. The largest absolute Gasteiger partial charge is 0.294 e. The van der Waals surface area contributed by atoms with Gasteiger partial charge in [0.25, 0.3) is 10.1 Å². The maximum Gasteiger partial charge on any atom is 0.294 e. The van der Waals surface area contributed by atoms with E-state index < -0.39 is 10.1 Å². The summed E-state index contributed by atoms with van der Waals surface area (Å²) in [5.41, 5.74) is 0.702. The van der Waals surface area contributed by atoms with E-state index in [0.717, 1.165) is 19.3 Å². The molecule has 0 aliphatic carbocycles. The van der Waals surface area contributed by atoms with E-state index in [1.807, 2.05) is 0 Å². The molecule has 1 radical (unpaired) electrons. The Morgan fingerprint density at radius 2 is 1.81 bits per heavy atom. The third kappa shape index (κ3) is 4.97. The molecule has 0 amide bonds. The fraction of sp³-hybridized carbons (Fsp3) is 0.455. The minimum atomic E-state index is -4.07. The van der Waals surface area contributed by atoms with Crippen molar-refractivity contribution in [3.8, 4) is 0 Å². The molecule has 16 heavy (non-hydrogen) atoms. The summed E-state index contributed by atoms with van der Waals surface area (Å²) in [4.78, 5) is 0.0427. The Hall–Kier alpha value is 0.130. The third-order valence-electron chi connectivity index (χ3n) is 2.30. The average molecular weight is 251 g/mol. The molecule has 0 aromatic heterocycles. The van der Waals surface area contributed by atoms with Gasteiger partial charge in [0.1, 0.15) is 0 Å². The third-order valence-corrected chi connectivity index (χ3v) is 3.25. The van der Waals surface area contributed by atoms with Crippen LogP contribution in [0, 0.1) is 0 Å². The van der Waals surface area contributed by atoms with Crippen LogP contribution in [0.3, 0.4) is 0 Å². The van der Waals surface area contributed by atoms with E-state index in [9.17, 15) is 8.42 Å². The summed E-state index contributed by atoms with van der Waals surface area (Å²) in [6.45, 7) is 2.09. The molecule has 1 aromatic carbocycles. The van der Waals surface area contributed by atoms with E-state index in [1.165, 1.54) is 6.07 Å². The summed E-state index contributed by atoms with van der Waals surface area (Å²) in [6.07, 6.45) is 3.81. The number of unbranched alkanes of at least 4 members (excludes halogenated alkanes) is 2. The molecular weight excluding hydrogens is 235 g/mol. The molecule has 1 rings (SSSR count). The second-order valence-corrected chi connectivity index (χ2v) is 4.93. The molecule has 0 saturated carbocycles. The van der Waals surface area contributed by atoms with Crippen LogP contribution >= 0.6 is 0 Å². The molecule has 0 unspecified atom stereocenters. The molecule has 0 heterocycles. The van der Waals surface area contributed by atoms with Gasteiger partial charge in [0.2, 0.25) is 0 Å². The predicted molar refractivity (Wildman–Crippen MR) is 65.2 cm³/mol. The Morgan fingerprint density at radius 1 is 1.19 bits per heavy atom. The molecular formula is C11H16NaO3S. The van der Waals surface area contributed by atoms with Gasteiger partial charge >= 0.3 is 0 Å². The van der Waals surface area contributed by atoms with E-state index in [4.69, 9.17) is 4.55 Å². The van der Waals surface area contributed by atoms with Crippen molar-refractivity contribution in [2.24, 2.45) is 0 Å². The SMILES string of the molecule is CCCCCc1ccccc1S(=O)(=O)O.[Na]. The number of benzene rings is 1. The molecule has 0 atom stereocenters. The van der Waals surface area contributed by atoms with Crippen LogP contribution in [0.2, 0.25) is 0 Å². The molecule has 0 aliphatic heterocycles. The second kappa shape index (κ2) is 7.45. The first kappa shape index (κ1) is 16.1. The molecule has 0 saturated heterocycles. The van der Waals surface area contributed by atoms with Gasteiger partial charge < -0.3 is 0 Å². The minimum Gasteiger partial charge on any atom is -0.282 e. The first-order chi connectivity index (χ1) is 7.05. The van der Waals surface area contributed by atoms with Gasteiger partial charge in [-0.2, -0.15) is 8.42 Å². The van der Waals surface area contributed by atoms with Crippen LogP contribution in [-0.2, 0) is 16.5 Å². The monoisotopic (exact) mass is 251 g/mol. The molecule has 0 spiro atoms. The van der Waals surface area contributed by atoms with Crippen molar-refractivity contribution in [3.05, 3.63) is 29.8 Å². The zero-order chi connectivity index (χ0) is 11.3. The smallest absolute Gasteiger partial charge is 0.282 e. The Kier molecular flexibility index (Phi) is 7.52. The van der Waals surface area contributed by atoms with Crippen LogP contribution in [0.25, 0.3) is 0 Å². The van der Waals surface area contributed by atoms with Crippen LogP contribution in [0.15, 0.2) is 29.2 Å². The summed E-state index contributed by atoms with van der Waals surface area (Å²) < 4.78 is 31.1. The van der Waals surface area contributed by atoms with Crippen LogP contribution in [0.1, 0.15) is 31.7 Å². The van der Waals surface area contributed by atoms with Gasteiger partial charge in [0, 0.05) is 29.6 Å². The maximum absolute atomic E-state index is 11.0. The number of aryl methyl sites for hydroxylation is 1. The minimum absolute atomic E-state index is 0. The fourth-order valence-electron chi connectivity index (χ4n) is 1.53. The van der Waals surface area contributed by atoms with E-state index in [2.05, 4.69) is 6.92 Å². The summed E-state index contributed by atoms with van der Waals surface area (Å²) in [5.74, 6) is 0. The molecule has 0 fully saturated rings. The van der Waals surface area contributed by atoms with Crippen molar-refractivity contribution in [1.82, 2.24) is 0 Å². The van der Waals surface area contributed by atoms with Crippen molar-refractivity contribution in [1.29, 1.82) is 0 Å². The van der Waals surface area contributed by atoms with Crippen LogP contribution in [0.4, 0.5) is 0 Å². The molecule has 3 nitrogen and oxygen atoms in total. The summed E-state index contributed by atoms with van der Waals surface area (Å²) in [6, 6.07) is 6.59. The quantitative estimate of drug-likeness (QED) is 0.496. The first-order valence-electron chi connectivity index (χ1n) is 5.11. The van der Waals surface area contributed by atoms with E-state index >= 15 is 0 Å². The van der Waals surface area contributed by atoms with Crippen LogP contribution in [0.5, 0.6) is 0 Å². The van der Waals surface area contributed by atoms with Crippen molar-refractivity contribution in [2.75, 3.05) is 0 Å². The van der Waals surface area contributed by atoms with Gasteiger partial charge in [0.15, 0.2) is 0 Å². The molecule has 0 aliphatic rings. The van der Waals surface area contributed by atoms with E-state index in [0.29, 0.717) is 12.0 Å². The van der Waals surface area contributed by atoms with Crippen molar-refractivity contribution in [3.63, 3.8) is 0 Å². The number of hydrogen-bond acceptors (Lipinski definition) is 2.